The molecule has 3 nitrogen and oxygen atoms in total. The van der Waals surface area contributed by atoms with E-state index in [0.29, 0.717) is 18.9 Å². The van der Waals surface area contributed by atoms with Gasteiger partial charge in [0.25, 0.3) is 0 Å². The summed E-state index contributed by atoms with van der Waals surface area (Å²) in [7, 11) is 0. The van der Waals surface area contributed by atoms with Gasteiger partial charge < -0.3 is 10.5 Å². The van der Waals surface area contributed by atoms with Crippen LogP contribution in [-0.4, -0.2) is 18.1 Å². The van der Waals surface area contributed by atoms with Gasteiger partial charge in [0, 0.05) is 5.54 Å². The van der Waals surface area contributed by atoms with Gasteiger partial charge in [0.1, 0.15) is 0 Å². The van der Waals surface area contributed by atoms with Crippen molar-refractivity contribution in [2.45, 2.75) is 135 Å². The second kappa shape index (κ2) is 12.2. The van der Waals surface area contributed by atoms with Crippen LogP contribution in [0.4, 0.5) is 0 Å². The van der Waals surface area contributed by atoms with Crippen LogP contribution in [0.5, 0.6) is 0 Å². The lowest BCUT2D eigenvalue weighted by Crippen LogP contribution is -2.72. The first-order chi connectivity index (χ1) is 13.5. The highest BCUT2D eigenvalue weighted by atomic mass is 16.5. The zero-order valence-electron chi connectivity index (χ0n) is 18.9. The molecule has 0 unspecified atom stereocenters. The Kier molecular flexibility index (Phi) is 10.3. The fourth-order valence-electron chi connectivity index (χ4n) is 5.58. The number of rotatable bonds is 18. The minimum absolute atomic E-state index is 0.0256. The maximum absolute atomic E-state index is 12.3. The Balaban J connectivity index is 1.60. The van der Waals surface area contributed by atoms with Crippen molar-refractivity contribution in [1.82, 2.24) is 0 Å². The van der Waals surface area contributed by atoms with Crippen molar-refractivity contribution in [3.8, 4) is 0 Å². The fraction of sp³-hybridized carbons (Fsp3) is 0.960. The molecule has 0 radical (unpaired) electrons. The summed E-state index contributed by atoms with van der Waals surface area (Å²) in [6, 6.07) is 0. The lowest BCUT2D eigenvalue weighted by Gasteiger charge is -2.68. The fourth-order valence-corrected chi connectivity index (χ4v) is 5.58. The van der Waals surface area contributed by atoms with Crippen LogP contribution in [0.1, 0.15) is 129 Å². The second-order valence-electron chi connectivity index (χ2n) is 10.2. The first-order valence-electron chi connectivity index (χ1n) is 12.5. The molecule has 3 rings (SSSR count). The summed E-state index contributed by atoms with van der Waals surface area (Å²) in [6.45, 7) is 5.18. The Morgan fingerprint density at radius 3 is 1.75 bits per heavy atom. The van der Waals surface area contributed by atoms with Crippen LogP contribution in [0, 0.1) is 11.3 Å². The topological polar surface area (TPSA) is 52.3 Å². The van der Waals surface area contributed by atoms with Crippen LogP contribution in [0.3, 0.4) is 0 Å². The van der Waals surface area contributed by atoms with E-state index >= 15 is 0 Å². The van der Waals surface area contributed by atoms with Gasteiger partial charge in [0.2, 0.25) is 0 Å². The Labute approximate surface area is 174 Å². The van der Waals surface area contributed by atoms with Crippen LogP contribution < -0.4 is 5.73 Å². The third-order valence-corrected chi connectivity index (χ3v) is 7.11. The molecule has 3 saturated carbocycles. The van der Waals surface area contributed by atoms with E-state index in [0.717, 1.165) is 19.3 Å². The highest BCUT2D eigenvalue weighted by Gasteiger charge is 2.66. The molecule has 0 aliphatic heterocycles. The molecule has 164 valence electrons. The molecule has 0 aromatic heterocycles. The molecule has 0 heterocycles. The zero-order valence-corrected chi connectivity index (χ0v) is 18.9. The summed E-state index contributed by atoms with van der Waals surface area (Å²) in [5.41, 5.74) is 6.42. The molecule has 0 aromatic rings. The van der Waals surface area contributed by atoms with E-state index in [-0.39, 0.29) is 16.9 Å². The Morgan fingerprint density at radius 1 is 0.821 bits per heavy atom. The predicted molar refractivity (Wildman–Crippen MR) is 118 cm³/mol. The number of hydrogen-bond acceptors (Lipinski definition) is 3. The van der Waals surface area contributed by atoms with Crippen LogP contribution in [0.15, 0.2) is 0 Å². The lowest BCUT2D eigenvalue weighted by atomic mass is 9.39. The molecule has 0 aromatic carbocycles. The number of carbonyl (C=O) groups is 1. The Bertz CT molecular complexity index is 412. The van der Waals surface area contributed by atoms with Gasteiger partial charge in [-0.1, -0.05) is 90.9 Å². The molecular weight excluding hydrogens is 346 g/mol. The summed E-state index contributed by atoms with van der Waals surface area (Å²) in [5.74, 6) is 0.591. The molecule has 3 aliphatic carbocycles. The zero-order chi connectivity index (χ0) is 20.3. The van der Waals surface area contributed by atoms with Crippen LogP contribution >= 0.6 is 0 Å². The minimum atomic E-state index is 0.0256. The van der Waals surface area contributed by atoms with E-state index in [1.165, 1.54) is 89.9 Å². The molecule has 0 saturated heterocycles. The van der Waals surface area contributed by atoms with E-state index in [9.17, 15) is 4.79 Å². The van der Waals surface area contributed by atoms with Crippen molar-refractivity contribution in [3.63, 3.8) is 0 Å². The van der Waals surface area contributed by atoms with Crippen molar-refractivity contribution < 1.29 is 9.53 Å². The minimum Gasteiger partial charge on any atom is -0.465 e. The van der Waals surface area contributed by atoms with E-state index < -0.39 is 0 Å². The van der Waals surface area contributed by atoms with Crippen molar-refractivity contribution >= 4 is 5.97 Å². The summed E-state index contributed by atoms with van der Waals surface area (Å²) >= 11 is 0. The summed E-state index contributed by atoms with van der Waals surface area (Å²) in [5, 5.41) is 0. The van der Waals surface area contributed by atoms with Crippen molar-refractivity contribution in [2.24, 2.45) is 17.1 Å². The molecule has 2 bridgehead atoms. The van der Waals surface area contributed by atoms with Gasteiger partial charge in [-0.05, 0) is 43.4 Å². The molecule has 3 aliphatic rings. The van der Waals surface area contributed by atoms with Crippen LogP contribution in [0.2, 0.25) is 0 Å². The number of esters is 1. The number of unbranched alkanes of at least 4 members (excludes halogenated alkanes) is 10. The molecular formula is C25H47NO2. The van der Waals surface area contributed by atoms with Crippen molar-refractivity contribution in [3.05, 3.63) is 0 Å². The maximum Gasteiger partial charge on any atom is 0.306 e. The van der Waals surface area contributed by atoms with E-state index in [1.54, 1.807) is 0 Å². The van der Waals surface area contributed by atoms with Gasteiger partial charge in [0.15, 0.2) is 0 Å². The van der Waals surface area contributed by atoms with Crippen LogP contribution in [0.25, 0.3) is 0 Å². The van der Waals surface area contributed by atoms with Gasteiger partial charge in [-0.3, -0.25) is 4.79 Å². The highest BCUT2D eigenvalue weighted by molar-refractivity contribution is 5.71. The lowest BCUT2D eigenvalue weighted by molar-refractivity contribution is -0.171. The maximum atomic E-state index is 12.3. The third kappa shape index (κ3) is 8.05. The third-order valence-electron chi connectivity index (χ3n) is 7.11. The molecule has 28 heavy (non-hydrogen) atoms. The predicted octanol–water partition coefficient (Wildman–Crippen LogP) is 6.92. The summed E-state index contributed by atoms with van der Waals surface area (Å²) < 4.78 is 5.74. The van der Waals surface area contributed by atoms with Gasteiger partial charge in [0.05, 0.1) is 13.0 Å². The molecule has 3 heteroatoms. The average Bonchev–Trinajstić information content (AvgIpc) is 2.62. The summed E-state index contributed by atoms with van der Waals surface area (Å²) in [4.78, 5) is 12.3. The molecule has 0 atom stereocenters. The smallest absolute Gasteiger partial charge is 0.306 e. The Morgan fingerprint density at radius 2 is 1.29 bits per heavy atom. The van der Waals surface area contributed by atoms with Gasteiger partial charge in [-0.2, -0.15) is 0 Å². The second-order valence-corrected chi connectivity index (χ2v) is 10.2. The summed E-state index contributed by atoms with van der Waals surface area (Å²) in [6.07, 6.45) is 22.2. The van der Waals surface area contributed by atoms with Crippen LogP contribution in [-0.2, 0) is 9.53 Å². The standard InChI is InChI=1S/C25H47NO2/c1-3-5-7-9-11-13-15-22(16-14-12-10-8-6-4-2)18-28-23(27)17-24-19-25(26,20-24)21-24/h22H,3-21,26H2,1-2H3. The van der Waals surface area contributed by atoms with E-state index in [4.69, 9.17) is 10.5 Å². The largest absolute Gasteiger partial charge is 0.465 e. The van der Waals surface area contributed by atoms with Gasteiger partial charge in [-0.25, -0.2) is 0 Å². The molecule has 3 fully saturated rings. The number of ether oxygens (including phenoxy) is 1. The average molecular weight is 394 g/mol. The van der Waals surface area contributed by atoms with Gasteiger partial charge in [-0.15, -0.1) is 0 Å². The number of carbonyl (C=O) groups excluding carboxylic acids is 1. The molecule has 0 amide bonds. The van der Waals surface area contributed by atoms with Gasteiger partial charge >= 0.3 is 5.97 Å². The molecule has 0 spiro atoms. The Hall–Kier alpha value is -0.570. The van der Waals surface area contributed by atoms with Crippen molar-refractivity contribution in [1.29, 1.82) is 0 Å². The van der Waals surface area contributed by atoms with Crippen molar-refractivity contribution in [2.75, 3.05) is 6.61 Å². The SMILES string of the molecule is CCCCCCCCC(CCCCCCCC)COC(=O)CC12CC(N)(C1)C2. The quantitative estimate of drug-likeness (QED) is 0.203. The normalized spacial score (nSPS) is 25.4. The monoisotopic (exact) mass is 393 g/mol. The highest BCUT2D eigenvalue weighted by Crippen LogP contribution is 2.67. The van der Waals surface area contributed by atoms with E-state index in [1.807, 2.05) is 0 Å². The first kappa shape index (κ1) is 23.7. The van der Waals surface area contributed by atoms with E-state index in [2.05, 4.69) is 13.8 Å². The number of hydrogen-bond donors (Lipinski definition) is 1. The number of nitrogens with two attached hydrogens (primary N) is 1. The molecule has 2 N–H and O–H groups in total. The first-order valence-corrected chi connectivity index (χ1v) is 12.5.